The average molecular weight is 536 g/mol. The summed E-state index contributed by atoms with van der Waals surface area (Å²) in [6.45, 7) is 0. The van der Waals surface area contributed by atoms with Gasteiger partial charge in [-0.1, -0.05) is 12.1 Å². The molecule has 3 heterocycles. The van der Waals surface area contributed by atoms with Crippen molar-refractivity contribution in [1.82, 2.24) is 14.5 Å². The summed E-state index contributed by atoms with van der Waals surface area (Å²) < 4.78 is 36.9. The molecule has 5 rings (SSSR count). The standard InChI is InChI=1S/C26H19F2N5O2S2/c1-32-11-10-31-25(32)22-14-19-24(37-22)21(8-9-30-19)35-20-7-6-17(13-18(20)28)33(26(29)36)23(34)12-15-2-4-16(27)5-3-15/h2-11,13-14H,12H2,1H3,(H2,29,36). The van der Waals surface area contributed by atoms with Crippen LogP contribution in [0.1, 0.15) is 5.56 Å². The number of imidazole rings is 1. The molecular weight excluding hydrogens is 516 g/mol. The van der Waals surface area contributed by atoms with E-state index in [0.717, 1.165) is 26.4 Å². The number of thiocarbonyl (C=S) groups is 1. The summed E-state index contributed by atoms with van der Waals surface area (Å²) in [5, 5.41) is -0.239. The molecule has 186 valence electrons. The van der Waals surface area contributed by atoms with E-state index in [1.165, 1.54) is 47.7 Å². The number of amides is 1. The van der Waals surface area contributed by atoms with Gasteiger partial charge in [-0.2, -0.15) is 0 Å². The van der Waals surface area contributed by atoms with E-state index >= 15 is 4.39 Å². The van der Waals surface area contributed by atoms with Crippen LogP contribution in [0.25, 0.3) is 20.9 Å². The third-order valence-corrected chi connectivity index (χ3v) is 6.87. The molecule has 5 aromatic rings. The van der Waals surface area contributed by atoms with Crippen LogP contribution in [0.2, 0.25) is 0 Å². The molecule has 0 aliphatic heterocycles. The van der Waals surface area contributed by atoms with Crippen molar-refractivity contribution in [3.63, 3.8) is 0 Å². The Morgan fingerprint density at radius 3 is 2.54 bits per heavy atom. The van der Waals surface area contributed by atoms with Crippen molar-refractivity contribution in [2.45, 2.75) is 6.42 Å². The van der Waals surface area contributed by atoms with Gasteiger partial charge in [0.15, 0.2) is 16.7 Å². The summed E-state index contributed by atoms with van der Waals surface area (Å²) in [6, 6.07) is 13.1. The minimum atomic E-state index is -0.709. The maximum Gasteiger partial charge on any atom is 0.237 e. The molecule has 2 aromatic carbocycles. The van der Waals surface area contributed by atoms with Gasteiger partial charge in [0, 0.05) is 37.8 Å². The fourth-order valence-electron chi connectivity index (χ4n) is 3.79. The quantitative estimate of drug-likeness (QED) is 0.286. The molecule has 0 aliphatic rings. The van der Waals surface area contributed by atoms with Gasteiger partial charge >= 0.3 is 0 Å². The van der Waals surface area contributed by atoms with Gasteiger partial charge in [0.2, 0.25) is 5.91 Å². The molecule has 11 heteroatoms. The Balaban J connectivity index is 1.41. The second-order valence-corrected chi connectivity index (χ2v) is 9.55. The van der Waals surface area contributed by atoms with Crippen LogP contribution < -0.4 is 15.4 Å². The Morgan fingerprint density at radius 1 is 1.08 bits per heavy atom. The topological polar surface area (TPSA) is 86.3 Å². The second-order valence-electron chi connectivity index (χ2n) is 8.08. The number of pyridine rings is 1. The average Bonchev–Trinajstić information content (AvgIpc) is 3.48. The Morgan fingerprint density at radius 2 is 1.86 bits per heavy atom. The lowest BCUT2D eigenvalue weighted by Crippen LogP contribution is -2.41. The SMILES string of the molecule is Cn1ccnc1-c1cc2nccc(Oc3ccc(N(C(=O)Cc4ccc(F)cc4)C(N)=S)cc3F)c2s1. The number of ether oxygens (including phenoxy) is 1. The predicted octanol–water partition coefficient (Wildman–Crippen LogP) is 5.59. The molecular formula is C26H19F2N5O2S2. The molecule has 0 spiro atoms. The summed E-state index contributed by atoms with van der Waals surface area (Å²) in [5.41, 5.74) is 7.20. The largest absolute Gasteiger partial charge is 0.453 e. The summed E-state index contributed by atoms with van der Waals surface area (Å²) in [6.07, 6.45) is 5.05. The molecule has 0 saturated heterocycles. The minimum Gasteiger partial charge on any atom is -0.453 e. The van der Waals surface area contributed by atoms with Crippen LogP contribution in [0.4, 0.5) is 14.5 Å². The van der Waals surface area contributed by atoms with Gasteiger partial charge < -0.3 is 15.0 Å². The number of aromatic nitrogens is 3. The lowest BCUT2D eigenvalue weighted by molar-refractivity contribution is -0.117. The first-order chi connectivity index (χ1) is 17.8. The van der Waals surface area contributed by atoms with Crippen molar-refractivity contribution in [3.05, 3.63) is 90.4 Å². The van der Waals surface area contributed by atoms with Crippen LogP contribution in [0, 0.1) is 11.6 Å². The third-order valence-electron chi connectivity index (χ3n) is 5.55. The molecule has 0 fully saturated rings. The highest BCUT2D eigenvalue weighted by molar-refractivity contribution is 7.80. The molecule has 0 bridgehead atoms. The third kappa shape index (κ3) is 5.04. The van der Waals surface area contributed by atoms with Crippen LogP contribution in [0.3, 0.4) is 0 Å². The van der Waals surface area contributed by atoms with Crippen molar-refractivity contribution in [3.8, 4) is 22.2 Å². The first kappa shape index (κ1) is 24.5. The highest BCUT2D eigenvalue weighted by Crippen LogP contribution is 2.39. The zero-order valence-corrected chi connectivity index (χ0v) is 21.0. The van der Waals surface area contributed by atoms with E-state index in [4.69, 9.17) is 22.7 Å². The van der Waals surface area contributed by atoms with Crippen LogP contribution in [0.15, 0.2) is 73.2 Å². The number of carbonyl (C=O) groups is 1. The van der Waals surface area contributed by atoms with E-state index in [9.17, 15) is 9.18 Å². The number of anilines is 1. The van der Waals surface area contributed by atoms with Gasteiger partial charge in [0.25, 0.3) is 0 Å². The monoisotopic (exact) mass is 535 g/mol. The van der Waals surface area contributed by atoms with E-state index < -0.39 is 17.5 Å². The number of aryl methyl sites for hydroxylation is 1. The maximum absolute atomic E-state index is 15.2. The molecule has 0 atom stereocenters. The van der Waals surface area contributed by atoms with E-state index in [0.29, 0.717) is 16.8 Å². The number of nitrogens with zero attached hydrogens (tertiary/aromatic N) is 4. The summed E-state index contributed by atoms with van der Waals surface area (Å²) in [4.78, 5) is 23.6. The molecule has 3 aromatic heterocycles. The first-order valence-corrected chi connectivity index (χ1v) is 12.2. The summed E-state index contributed by atoms with van der Waals surface area (Å²) >= 11 is 6.48. The van der Waals surface area contributed by atoms with Gasteiger partial charge in [0.05, 0.1) is 27.2 Å². The van der Waals surface area contributed by atoms with Gasteiger partial charge in [-0.15, -0.1) is 11.3 Å². The zero-order valence-electron chi connectivity index (χ0n) is 19.4. The van der Waals surface area contributed by atoms with Crippen molar-refractivity contribution in [2.24, 2.45) is 12.8 Å². The minimum absolute atomic E-state index is 0.0444. The number of rotatable bonds is 6. The van der Waals surface area contributed by atoms with Crippen LogP contribution >= 0.6 is 23.6 Å². The van der Waals surface area contributed by atoms with Gasteiger partial charge in [-0.25, -0.2) is 13.8 Å². The normalized spacial score (nSPS) is 11.0. The second kappa shape index (κ2) is 10.0. The molecule has 0 saturated carbocycles. The first-order valence-electron chi connectivity index (χ1n) is 11.0. The molecule has 2 N–H and O–H groups in total. The lowest BCUT2D eigenvalue weighted by atomic mass is 10.1. The number of hydrogen-bond acceptors (Lipinski definition) is 6. The summed E-state index contributed by atoms with van der Waals surface area (Å²) in [5.74, 6) is -0.435. The molecule has 1 amide bonds. The Kier molecular flexibility index (Phi) is 6.64. The van der Waals surface area contributed by atoms with Crippen LogP contribution in [0.5, 0.6) is 11.5 Å². The number of carbonyl (C=O) groups excluding carboxylic acids is 1. The Labute approximate surface area is 219 Å². The zero-order chi connectivity index (χ0) is 26.1. The van der Waals surface area contributed by atoms with Crippen LogP contribution in [-0.4, -0.2) is 25.6 Å². The molecule has 37 heavy (non-hydrogen) atoms. The van der Waals surface area contributed by atoms with E-state index in [1.807, 2.05) is 23.9 Å². The number of fused-ring (bicyclic) bond motifs is 1. The fourth-order valence-corrected chi connectivity index (χ4v) is 5.10. The predicted molar refractivity (Wildman–Crippen MR) is 143 cm³/mol. The van der Waals surface area contributed by atoms with E-state index in [2.05, 4.69) is 9.97 Å². The van der Waals surface area contributed by atoms with Crippen molar-refractivity contribution < 1.29 is 18.3 Å². The highest BCUT2D eigenvalue weighted by Gasteiger charge is 2.21. The number of benzene rings is 2. The molecule has 0 unspecified atom stereocenters. The highest BCUT2D eigenvalue weighted by atomic mass is 32.1. The fraction of sp³-hybridized carbons (Fsp3) is 0.0769. The number of hydrogen-bond donors (Lipinski definition) is 1. The van der Waals surface area contributed by atoms with E-state index in [-0.39, 0.29) is 23.0 Å². The Hall–Kier alpha value is -4.22. The Bertz CT molecular complexity index is 1630. The van der Waals surface area contributed by atoms with E-state index in [1.54, 1.807) is 18.5 Å². The van der Waals surface area contributed by atoms with Crippen molar-refractivity contribution >= 4 is 50.5 Å². The lowest BCUT2D eigenvalue weighted by Gasteiger charge is -2.21. The molecule has 0 radical (unpaired) electrons. The van der Waals surface area contributed by atoms with Gasteiger partial charge in [-0.3, -0.25) is 14.7 Å². The number of nitrogens with two attached hydrogens (primary N) is 1. The summed E-state index contributed by atoms with van der Waals surface area (Å²) in [7, 11) is 1.90. The number of thiophene rings is 1. The van der Waals surface area contributed by atoms with Gasteiger partial charge in [-0.05, 0) is 48.1 Å². The smallest absolute Gasteiger partial charge is 0.237 e. The molecule has 0 aliphatic carbocycles. The van der Waals surface area contributed by atoms with Crippen LogP contribution in [-0.2, 0) is 18.3 Å². The molecule has 7 nitrogen and oxygen atoms in total. The maximum atomic E-state index is 15.2. The van der Waals surface area contributed by atoms with Crippen molar-refractivity contribution in [2.75, 3.05) is 4.90 Å². The number of halogens is 2. The van der Waals surface area contributed by atoms with Gasteiger partial charge in [0.1, 0.15) is 17.4 Å². The van der Waals surface area contributed by atoms with Crippen molar-refractivity contribution in [1.29, 1.82) is 0 Å².